The Morgan fingerprint density at radius 3 is 2.68 bits per heavy atom. The molecule has 2 unspecified atom stereocenters. The molecule has 5 nitrogen and oxygen atoms in total. The maximum absolute atomic E-state index is 9.68. The molecule has 0 aliphatic carbocycles. The normalized spacial score (nSPS) is 23.3. The van der Waals surface area contributed by atoms with Crippen LogP contribution in [0.15, 0.2) is 30.3 Å². The SMILES string of the molecule is COc1cc2c(cc1OC)C(CCC1(C)CCc3cc(O)ccc3O1)NCC2. The molecule has 5 heteroatoms. The number of phenolic OH excluding ortho intramolecular Hbond substituents is 1. The maximum Gasteiger partial charge on any atom is 0.161 e. The first-order valence-corrected chi connectivity index (χ1v) is 10.0. The highest BCUT2D eigenvalue weighted by Gasteiger charge is 2.33. The highest BCUT2D eigenvalue weighted by Crippen LogP contribution is 2.40. The number of nitrogens with one attached hydrogen (secondary N) is 1. The Labute approximate surface area is 166 Å². The minimum absolute atomic E-state index is 0.195. The molecule has 0 spiro atoms. The molecule has 0 saturated carbocycles. The minimum atomic E-state index is -0.195. The van der Waals surface area contributed by atoms with E-state index >= 15 is 0 Å². The van der Waals surface area contributed by atoms with E-state index in [2.05, 4.69) is 24.4 Å². The third kappa shape index (κ3) is 3.63. The molecule has 2 aromatic carbocycles. The van der Waals surface area contributed by atoms with Gasteiger partial charge in [-0.25, -0.2) is 0 Å². The fourth-order valence-electron chi connectivity index (χ4n) is 4.43. The molecule has 0 aromatic heterocycles. The van der Waals surface area contributed by atoms with Crippen LogP contribution < -0.4 is 19.5 Å². The molecule has 150 valence electrons. The van der Waals surface area contributed by atoms with Gasteiger partial charge in [0.15, 0.2) is 11.5 Å². The summed E-state index contributed by atoms with van der Waals surface area (Å²) in [6.07, 6.45) is 4.83. The van der Waals surface area contributed by atoms with Gasteiger partial charge in [0.05, 0.1) is 14.2 Å². The lowest BCUT2D eigenvalue weighted by Crippen LogP contribution is -2.38. The first kappa shape index (κ1) is 18.9. The van der Waals surface area contributed by atoms with Gasteiger partial charge >= 0.3 is 0 Å². The number of hydrogen-bond donors (Lipinski definition) is 2. The fraction of sp³-hybridized carbons (Fsp3) is 0.478. The Hall–Kier alpha value is -2.40. The summed E-state index contributed by atoms with van der Waals surface area (Å²) in [5.74, 6) is 2.78. The minimum Gasteiger partial charge on any atom is -0.508 e. The predicted octanol–water partition coefficient (Wildman–Crippen LogP) is 4.16. The summed E-state index contributed by atoms with van der Waals surface area (Å²) in [5.41, 5.74) is 3.53. The lowest BCUT2D eigenvalue weighted by molar-refractivity contribution is 0.0508. The number of aromatic hydroxyl groups is 1. The molecule has 2 aliphatic heterocycles. The van der Waals surface area contributed by atoms with Gasteiger partial charge in [-0.3, -0.25) is 0 Å². The summed E-state index contributed by atoms with van der Waals surface area (Å²) < 4.78 is 17.3. The highest BCUT2D eigenvalue weighted by atomic mass is 16.5. The van der Waals surface area contributed by atoms with Crippen molar-refractivity contribution in [3.63, 3.8) is 0 Å². The third-order valence-electron chi connectivity index (χ3n) is 6.09. The zero-order valence-electron chi connectivity index (χ0n) is 16.9. The second-order valence-corrected chi connectivity index (χ2v) is 8.05. The van der Waals surface area contributed by atoms with Gasteiger partial charge in [0, 0.05) is 6.04 Å². The molecule has 2 aromatic rings. The summed E-state index contributed by atoms with van der Waals surface area (Å²) in [7, 11) is 3.36. The Morgan fingerprint density at radius 1 is 1.11 bits per heavy atom. The average Bonchev–Trinajstić information content (AvgIpc) is 2.71. The van der Waals surface area contributed by atoms with E-state index in [0.29, 0.717) is 5.75 Å². The van der Waals surface area contributed by atoms with Gasteiger partial charge in [-0.15, -0.1) is 0 Å². The molecule has 4 rings (SSSR count). The summed E-state index contributed by atoms with van der Waals surface area (Å²) >= 11 is 0. The molecule has 0 radical (unpaired) electrons. The van der Waals surface area contributed by atoms with E-state index in [1.807, 2.05) is 12.1 Å². The molecule has 2 aliphatic rings. The number of hydrogen-bond acceptors (Lipinski definition) is 5. The van der Waals surface area contributed by atoms with Gasteiger partial charge in [-0.05, 0) is 92.6 Å². The Balaban J connectivity index is 1.50. The van der Waals surface area contributed by atoms with Crippen LogP contribution in [0.2, 0.25) is 0 Å². The van der Waals surface area contributed by atoms with Crippen LogP contribution in [-0.4, -0.2) is 31.5 Å². The molecule has 0 bridgehead atoms. The second-order valence-electron chi connectivity index (χ2n) is 8.05. The van der Waals surface area contributed by atoms with Gasteiger partial charge in [0.1, 0.15) is 17.1 Å². The Morgan fingerprint density at radius 2 is 1.89 bits per heavy atom. The van der Waals surface area contributed by atoms with Crippen LogP contribution in [0.5, 0.6) is 23.0 Å². The van der Waals surface area contributed by atoms with Crippen molar-refractivity contribution < 1.29 is 19.3 Å². The van der Waals surface area contributed by atoms with Crippen LogP contribution >= 0.6 is 0 Å². The number of rotatable bonds is 5. The average molecular weight is 383 g/mol. The first-order valence-electron chi connectivity index (χ1n) is 10.0. The maximum atomic E-state index is 9.68. The van der Waals surface area contributed by atoms with E-state index in [9.17, 15) is 5.11 Å². The number of benzene rings is 2. The fourth-order valence-corrected chi connectivity index (χ4v) is 4.43. The van der Waals surface area contributed by atoms with Crippen molar-refractivity contribution in [3.8, 4) is 23.0 Å². The smallest absolute Gasteiger partial charge is 0.161 e. The Bertz CT molecular complexity index is 866. The van der Waals surface area contributed by atoms with Crippen molar-refractivity contribution in [3.05, 3.63) is 47.0 Å². The van der Waals surface area contributed by atoms with E-state index in [1.165, 1.54) is 11.1 Å². The molecule has 2 atom stereocenters. The van der Waals surface area contributed by atoms with E-state index in [-0.39, 0.29) is 11.6 Å². The number of fused-ring (bicyclic) bond motifs is 2. The largest absolute Gasteiger partial charge is 0.508 e. The number of methoxy groups -OCH3 is 2. The molecular weight excluding hydrogens is 354 g/mol. The van der Waals surface area contributed by atoms with E-state index in [1.54, 1.807) is 20.3 Å². The zero-order chi connectivity index (χ0) is 19.7. The lowest BCUT2D eigenvalue weighted by atomic mass is 9.84. The van der Waals surface area contributed by atoms with Crippen LogP contribution in [0.4, 0.5) is 0 Å². The van der Waals surface area contributed by atoms with Crippen LogP contribution in [0.25, 0.3) is 0 Å². The van der Waals surface area contributed by atoms with E-state index < -0.39 is 0 Å². The van der Waals surface area contributed by atoms with Gasteiger partial charge in [0.2, 0.25) is 0 Å². The topological polar surface area (TPSA) is 60.0 Å². The van der Waals surface area contributed by atoms with Crippen molar-refractivity contribution in [2.75, 3.05) is 20.8 Å². The highest BCUT2D eigenvalue weighted by molar-refractivity contribution is 5.49. The monoisotopic (exact) mass is 383 g/mol. The van der Waals surface area contributed by atoms with Crippen molar-refractivity contribution in [2.24, 2.45) is 0 Å². The number of aryl methyl sites for hydroxylation is 1. The molecule has 28 heavy (non-hydrogen) atoms. The van der Waals surface area contributed by atoms with Gasteiger partial charge in [-0.2, -0.15) is 0 Å². The van der Waals surface area contributed by atoms with Gasteiger partial charge < -0.3 is 24.6 Å². The van der Waals surface area contributed by atoms with Crippen LogP contribution in [-0.2, 0) is 12.8 Å². The van der Waals surface area contributed by atoms with Crippen LogP contribution in [0.3, 0.4) is 0 Å². The standard InChI is InChI=1S/C23H29NO4/c1-23(9-6-16-12-17(25)4-5-20(16)28-23)10-7-19-18-14-22(27-3)21(26-2)13-15(18)8-11-24-19/h4-5,12-14,19,24-25H,6-11H2,1-3H3. The van der Waals surface area contributed by atoms with Crippen molar-refractivity contribution >= 4 is 0 Å². The number of ether oxygens (including phenoxy) is 3. The lowest BCUT2D eigenvalue weighted by Gasteiger charge is -2.38. The van der Waals surface area contributed by atoms with Crippen LogP contribution in [0, 0.1) is 0 Å². The molecule has 2 N–H and O–H groups in total. The molecular formula is C23H29NO4. The van der Waals surface area contributed by atoms with E-state index in [0.717, 1.165) is 61.5 Å². The second kappa shape index (κ2) is 7.55. The van der Waals surface area contributed by atoms with Gasteiger partial charge in [0.25, 0.3) is 0 Å². The molecule has 0 fully saturated rings. The molecule has 0 saturated heterocycles. The molecule has 2 heterocycles. The summed E-state index contributed by atoms with van der Waals surface area (Å²) in [6, 6.07) is 9.91. The van der Waals surface area contributed by atoms with E-state index in [4.69, 9.17) is 14.2 Å². The van der Waals surface area contributed by atoms with Gasteiger partial charge in [-0.1, -0.05) is 0 Å². The Kier molecular flexibility index (Phi) is 5.11. The first-order chi connectivity index (χ1) is 13.5. The van der Waals surface area contributed by atoms with Crippen molar-refractivity contribution in [1.82, 2.24) is 5.32 Å². The van der Waals surface area contributed by atoms with Crippen LogP contribution in [0.1, 0.15) is 48.9 Å². The summed E-state index contributed by atoms with van der Waals surface area (Å²) in [4.78, 5) is 0. The quantitative estimate of drug-likeness (QED) is 0.812. The summed E-state index contributed by atoms with van der Waals surface area (Å²) in [5, 5.41) is 13.3. The molecule has 0 amide bonds. The third-order valence-corrected chi connectivity index (χ3v) is 6.09. The zero-order valence-corrected chi connectivity index (χ0v) is 16.9. The predicted molar refractivity (Wildman–Crippen MR) is 109 cm³/mol. The van der Waals surface area contributed by atoms with Crippen molar-refractivity contribution in [1.29, 1.82) is 0 Å². The summed E-state index contributed by atoms with van der Waals surface area (Å²) in [6.45, 7) is 3.16. The van der Waals surface area contributed by atoms with Crippen molar-refractivity contribution in [2.45, 2.75) is 50.7 Å². The number of phenols is 1.